The minimum atomic E-state index is -0.565. The minimum Gasteiger partial charge on any atom is -0.494 e. The number of hydrogen-bond acceptors (Lipinski definition) is 6. The van der Waals surface area contributed by atoms with Crippen LogP contribution in [-0.4, -0.2) is 81.6 Å². The molecule has 3 N–H and O–H groups in total. The van der Waals surface area contributed by atoms with Gasteiger partial charge in [0.05, 0.1) is 12.3 Å². The van der Waals surface area contributed by atoms with Crippen LogP contribution in [-0.2, 0) is 0 Å². The normalized spacial score (nSPS) is 18.9. The summed E-state index contributed by atoms with van der Waals surface area (Å²) in [7, 11) is 1.84. The molecule has 0 unspecified atom stereocenters. The van der Waals surface area contributed by atoms with Gasteiger partial charge in [-0.15, -0.1) is 0 Å². The maximum Gasteiger partial charge on any atom is 0.331 e. The lowest BCUT2D eigenvalue weighted by Gasteiger charge is -2.35. The molecule has 0 aromatic carbocycles. The Hall–Kier alpha value is -2.20. The van der Waals surface area contributed by atoms with Crippen LogP contribution in [0, 0.1) is 0 Å². The van der Waals surface area contributed by atoms with E-state index < -0.39 is 11.2 Å². The number of H-pyrrole nitrogens is 1. The topological polar surface area (TPSA) is 106 Å². The molecule has 9 nitrogen and oxygen atoms in total. The molecule has 0 amide bonds. The number of nitrogens with zero attached hydrogens (tertiary/aromatic N) is 4. The van der Waals surface area contributed by atoms with Crippen molar-refractivity contribution in [3.8, 4) is 5.88 Å². The maximum absolute atomic E-state index is 12.5. The fraction of sp³-hybridized carbons (Fsp3) is 0.714. The molecule has 2 heterocycles. The zero-order valence-electron chi connectivity index (χ0n) is 18.5. The summed E-state index contributed by atoms with van der Waals surface area (Å²) in [5.74, 6) is -0.240. The number of thiocarbonyl (C=S) groups is 1. The van der Waals surface area contributed by atoms with Gasteiger partial charge in [-0.25, -0.2) is 4.79 Å². The van der Waals surface area contributed by atoms with Crippen LogP contribution in [0.25, 0.3) is 0 Å². The van der Waals surface area contributed by atoms with E-state index in [1.54, 1.807) is 0 Å². The number of hydrogen-bond donors (Lipinski definition) is 3. The first kappa shape index (κ1) is 23.5. The molecular weight excluding hydrogens is 416 g/mol. The molecule has 1 aliphatic heterocycles. The van der Waals surface area contributed by atoms with Crippen molar-refractivity contribution < 1.29 is 5.11 Å². The predicted octanol–water partition coefficient (Wildman–Crippen LogP) is 1.07. The number of rotatable bonds is 6. The Bertz CT molecular complexity index is 911. The molecule has 1 aromatic rings. The van der Waals surface area contributed by atoms with Gasteiger partial charge in [-0.2, -0.15) is 0 Å². The van der Waals surface area contributed by atoms with Crippen LogP contribution in [0.4, 0.5) is 0 Å². The Morgan fingerprint density at radius 1 is 1.19 bits per heavy atom. The van der Waals surface area contributed by atoms with Gasteiger partial charge in [0, 0.05) is 45.8 Å². The summed E-state index contributed by atoms with van der Waals surface area (Å²) in [5, 5.41) is 14.7. The van der Waals surface area contributed by atoms with Crippen LogP contribution in [0.15, 0.2) is 14.6 Å². The van der Waals surface area contributed by atoms with Crippen LogP contribution < -0.4 is 16.6 Å². The van der Waals surface area contributed by atoms with E-state index in [-0.39, 0.29) is 17.5 Å². The molecule has 0 bridgehead atoms. The summed E-state index contributed by atoms with van der Waals surface area (Å²) in [6.45, 7) is 6.75. The van der Waals surface area contributed by atoms with E-state index in [1.165, 1.54) is 4.57 Å². The quantitative estimate of drug-likeness (QED) is 0.440. The number of nitrogens with one attached hydrogen (secondary N) is 2. The number of aromatic nitrogens is 2. The van der Waals surface area contributed by atoms with Gasteiger partial charge in [0.2, 0.25) is 5.88 Å². The standard InChI is InChI=1S/C21H34N6O3S/c1-3-16(23-9-10-25-11-13-26(14-12-25)21(31)22-2)17-18(28)24-20(30)27(19(17)29)15-7-5-4-6-8-15/h15,29H,3-14H2,1-2H3,(H,22,31)(H,24,28,30). The molecule has 10 heteroatoms. The highest BCUT2D eigenvalue weighted by Crippen LogP contribution is 2.30. The first-order chi connectivity index (χ1) is 15.0. The highest BCUT2D eigenvalue weighted by atomic mass is 32.1. The zero-order valence-corrected chi connectivity index (χ0v) is 19.3. The van der Waals surface area contributed by atoms with Gasteiger partial charge in [-0.1, -0.05) is 26.2 Å². The predicted molar refractivity (Wildman–Crippen MR) is 126 cm³/mol. The van der Waals surface area contributed by atoms with Gasteiger partial charge >= 0.3 is 5.69 Å². The van der Waals surface area contributed by atoms with E-state index in [1.807, 2.05) is 14.0 Å². The van der Waals surface area contributed by atoms with E-state index in [0.717, 1.165) is 69.9 Å². The first-order valence-electron chi connectivity index (χ1n) is 11.3. The largest absolute Gasteiger partial charge is 0.494 e. The second kappa shape index (κ2) is 10.9. The first-order valence-corrected chi connectivity index (χ1v) is 11.7. The van der Waals surface area contributed by atoms with E-state index in [9.17, 15) is 14.7 Å². The summed E-state index contributed by atoms with van der Waals surface area (Å²) < 4.78 is 1.37. The molecule has 2 fully saturated rings. The molecule has 0 atom stereocenters. The Kier molecular flexibility index (Phi) is 8.25. The monoisotopic (exact) mass is 450 g/mol. The van der Waals surface area contributed by atoms with Crippen LogP contribution >= 0.6 is 12.2 Å². The van der Waals surface area contributed by atoms with Gasteiger partial charge in [-0.05, 0) is 31.5 Å². The lowest BCUT2D eigenvalue weighted by atomic mass is 9.95. The molecule has 1 aliphatic carbocycles. The van der Waals surface area contributed by atoms with E-state index in [2.05, 4.69) is 25.1 Å². The highest BCUT2D eigenvalue weighted by molar-refractivity contribution is 7.80. The van der Waals surface area contributed by atoms with Crippen LogP contribution in [0.5, 0.6) is 5.88 Å². The van der Waals surface area contributed by atoms with Crippen LogP contribution in [0.3, 0.4) is 0 Å². The molecule has 1 saturated heterocycles. The van der Waals surface area contributed by atoms with Crippen molar-refractivity contribution in [2.24, 2.45) is 4.99 Å². The third-order valence-electron chi connectivity index (χ3n) is 6.27. The van der Waals surface area contributed by atoms with Gasteiger partial charge in [0.1, 0.15) is 5.56 Å². The minimum absolute atomic E-state index is 0.0741. The molecule has 31 heavy (non-hydrogen) atoms. The Balaban J connectivity index is 1.72. The third-order valence-corrected chi connectivity index (χ3v) is 6.74. The number of aliphatic imine (C=N–C) groups is 1. The van der Waals surface area contributed by atoms with Crippen molar-refractivity contribution in [1.29, 1.82) is 0 Å². The average Bonchev–Trinajstić information content (AvgIpc) is 2.78. The fourth-order valence-corrected chi connectivity index (χ4v) is 4.69. The number of piperazine rings is 1. The molecule has 0 radical (unpaired) electrons. The summed E-state index contributed by atoms with van der Waals surface area (Å²) in [6, 6.07) is -0.0741. The highest BCUT2D eigenvalue weighted by Gasteiger charge is 2.25. The van der Waals surface area contributed by atoms with Gasteiger partial charge < -0.3 is 15.3 Å². The van der Waals surface area contributed by atoms with Crippen molar-refractivity contribution in [1.82, 2.24) is 24.7 Å². The number of aromatic hydroxyl groups is 1. The van der Waals surface area contributed by atoms with Crippen molar-refractivity contribution in [2.75, 3.05) is 46.3 Å². The van der Waals surface area contributed by atoms with E-state index >= 15 is 0 Å². The molecule has 1 aromatic heterocycles. The second-order valence-corrected chi connectivity index (χ2v) is 8.57. The molecular formula is C21H34N6O3S. The van der Waals surface area contributed by atoms with E-state index in [0.29, 0.717) is 18.7 Å². The van der Waals surface area contributed by atoms with Crippen molar-refractivity contribution >= 4 is 23.0 Å². The molecule has 3 rings (SSSR count). The Morgan fingerprint density at radius 2 is 1.87 bits per heavy atom. The Morgan fingerprint density at radius 3 is 2.48 bits per heavy atom. The molecule has 2 aliphatic rings. The maximum atomic E-state index is 12.5. The van der Waals surface area contributed by atoms with Crippen LogP contribution in [0.1, 0.15) is 57.1 Å². The molecule has 1 saturated carbocycles. The zero-order chi connectivity index (χ0) is 22.4. The van der Waals surface area contributed by atoms with Crippen molar-refractivity contribution in [3.05, 3.63) is 26.4 Å². The summed E-state index contributed by atoms with van der Waals surface area (Å²) >= 11 is 5.29. The van der Waals surface area contributed by atoms with E-state index in [4.69, 9.17) is 12.2 Å². The SMILES string of the molecule is CCC(=NCCN1CCN(C(=S)NC)CC1)c1c(O)n(C2CCCCC2)c(=O)[nH]c1=O. The van der Waals surface area contributed by atoms with Crippen molar-refractivity contribution in [2.45, 2.75) is 51.5 Å². The van der Waals surface area contributed by atoms with Gasteiger partial charge in [-0.3, -0.25) is 24.2 Å². The smallest absolute Gasteiger partial charge is 0.331 e. The summed E-state index contributed by atoms with van der Waals surface area (Å²) in [5.41, 5.74) is -0.425. The number of aromatic amines is 1. The summed E-state index contributed by atoms with van der Waals surface area (Å²) in [4.78, 5) is 36.5. The Labute approximate surface area is 188 Å². The molecule has 0 spiro atoms. The summed E-state index contributed by atoms with van der Waals surface area (Å²) in [6.07, 6.45) is 5.35. The van der Waals surface area contributed by atoms with Gasteiger partial charge in [0.25, 0.3) is 5.56 Å². The fourth-order valence-electron chi connectivity index (χ4n) is 4.50. The third kappa shape index (κ3) is 5.54. The second-order valence-electron chi connectivity index (χ2n) is 8.19. The molecule has 172 valence electrons. The lowest BCUT2D eigenvalue weighted by molar-refractivity contribution is 0.186. The van der Waals surface area contributed by atoms with Gasteiger partial charge in [0.15, 0.2) is 5.11 Å². The average molecular weight is 451 g/mol. The van der Waals surface area contributed by atoms with Crippen molar-refractivity contribution in [3.63, 3.8) is 0 Å². The lowest BCUT2D eigenvalue weighted by Crippen LogP contribution is -2.51. The van der Waals surface area contributed by atoms with Crippen LogP contribution in [0.2, 0.25) is 0 Å².